The molecule has 0 unspecified atom stereocenters. The number of nitrogens with zero attached hydrogens (tertiary/aromatic N) is 2. The first-order valence-electron chi connectivity index (χ1n) is 8.03. The molecule has 1 aromatic carbocycles. The van der Waals surface area contributed by atoms with Gasteiger partial charge in [-0.25, -0.2) is 0 Å². The quantitative estimate of drug-likeness (QED) is 0.868. The second-order valence-electron chi connectivity index (χ2n) is 6.46. The van der Waals surface area contributed by atoms with E-state index in [1.165, 1.54) is 11.0 Å². The van der Waals surface area contributed by atoms with Gasteiger partial charge in [-0.1, -0.05) is 0 Å². The van der Waals surface area contributed by atoms with Crippen LogP contribution in [0, 0.1) is 11.3 Å². The van der Waals surface area contributed by atoms with Crippen LogP contribution in [0.15, 0.2) is 23.1 Å². The summed E-state index contributed by atoms with van der Waals surface area (Å²) < 4.78 is 38.3. The van der Waals surface area contributed by atoms with Crippen molar-refractivity contribution in [1.29, 1.82) is 5.26 Å². The molecule has 1 aromatic rings. The van der Waals surface area contributed by atoms with E-state index in [-0.39, 0.29) is 18.0 Å². The van der Waals surface area contributed by atoms with Gasteiger partial charge in [-0.05, 0) is 37.5 Å². The van der Waals surface area contributed by atoms with E-state index in [1.807, 2.05) is 0 Å². The number of alkyl halides is 3. The standard InChI is InChI=1S/C17H16F3N3O2S/c1-23(16(9-21)5-2-6-16)14(24)8-13-15(25)22-11-7-10(17(18,19)20)3-4-12(11)26-13/h3-4,7,13H,2,5-6,8H2,1H3,(H,22,25)/t13-/m0/s1. The zero-order chi connectivity index (χ0) is 19.1. The van der Waals surface area contributed by atoms with Crippen molar-refractivity contribution in [2.24, 2.45) is 0 Å². The van der Waals surface area contributed by atoms with Gasteiger partial charge in [0.05, 0.1) is 22.6 Å². The molecule has 1 N–H and O–H groups in total. The summed E-state index contributed by atoms with van der Waals surface area (Å²) in [7, 11) is 1.56. The summed E-state index contributed by atoms with van der Waals surface area (Å²) >= 11 is 1.06. The van der Waals surface area contributed by atoms with Crippen LogP contribution in [0.3, 0.4) is 0 Å². The molecule has 1 heterocycles. The van der Waals surface area contributed by atoms with E-state index < -0.39 is 28.4 Å². The predicted octanol–water partition coefficient (Wildman–Crippen LogP) is 3.41. The van der Waals surface area contributed by atoms with Crippen molar-refractivity contribution in [2.75, 3.05) is 12.4 Å². The number of anilines is 1. The Kier molecular flexibility index (Phi) is 4.65. The minimum absolute atomic E-state index is 0.0966. The topological polar surface area (TPSA) is 73.2 Å². The van der Waals surface area contributed by atoms with E-state index in [2.05, 4.69) is 11.4 Å². The lowest BCUT2D eigenvalue weighted by molar-refractivity contribution is -0.138. The second-order valence-corrected chi connectivity index (χ2v) is 7.70. The highest BCUT2D eigenvalue weighted by Crippen LogP contribution is 2.41. The van der Waals surface area contributed by atoms with Gasteiger partial charge < -0.3 is 10.2 Å². The van der Waals surface area contributed by atoms with Crippen LogP contribution in [0.4, 0.5) is 18.9 Å². The zero-order valence-electron chi connectivity index (χ0n) is 13.9. The van der Waals surface area contributed by atoms with Gasteiger partial charge in [0.15, 0.2) is 0 Å². The number of benzene rings is 1. The van der Waals surface area contributed by atoms with Gasteiger partial charge in [-0.15, -0.1) is 11.8 Å². The molecule has 0 saturated heterocycles. The number of hydrogen-bond acceptors (Lipinski definition) is 4. The summed E-state index contributed by atoms with van der Waals surface area (Å²) in [5.41, 5.74) is -1.54. The van der Waals surface area contributed by atoms with Gasteiger partial charge >= 0.3 is 6.18 Å². The van der Waals surface area contributed by atoms with Crippen molar-refractivity contribution < 1.29 is 22.8 Å². The summed E-state index contributed by atoms with van der Waals surface area (Å²) in [6.07, 6.45) is -2.51. The Morgan fingerprint density at radius 3 is 2.69 bits per heavy atom. The molecule has 2 amide bonds. The molecule has 138 valence electrons. The predicted molar refractivity (Wildman–Crippen MR) is 89.3 cm³/mol. The monoisotopic (exact) mass is 383 g/mol. The minimum atomic E-state index is -4.49. The molecule has 26 heavy (non-hydrogen) atoms. The summed E-state index contributed by atoms with van der Waals surface area (Å²) in [5, 5.41) is 11.0. The van der Waals surface area contributed by atoms with Crippen molar-refractivity contribution in [3.05, 3.63) is 23.8 Å². The Bertz CT molecular complexity index is 799. The molecule has 1 aliphatic carbocycles. The van der Waals surface area contributed by atoms with Gasteiger partial charge in [0.25, 0.3) is 0 Å². The fraction of sp³-hybridized carbons (Fsp3) is 0.471. The van der Waals surface area contributed by atoms with Crippen molar-refractivity contribution >= 4 is 29.3 Å². The summed E-state index contributed by atoms with van der Waals surface area (Å²) in [4.78, 5) is 26.6. The Hall–Kier alpha value is -2.21. The van der Waals surface area contributed by atoms with Gasteiger partial charge in [-0.2, -0.15) is 18.4 Å². The van der Waals surface area contributed by atoms with Crippen LogP contribution in [-0.2, 0) is 15.8 Å². The molecular weight excluding hydrogens is 367 g/mol. The van der Waals surface area contributed by atoms with Crippen molar-refractivity contribution in [3.8, 4) is 6.07 Å². The van der Waals surface area contributed by atoms with Crippen molar-refractivity contribution in [3.63, 3.8) is 0 Å². The van der Waals surface area contributed by atoms with E-state index in [0.717, 1.165) is 30.3 Å². The van der Waals surface area contributed by atoms with Gasteiger partial charge in [-0.3, -0.25) is 9.59 Å². The molecule has 9 heteroatoms. The van der Waals surface area contributed by atoms with Crippen LogP contribution in [-0.4, -0.2) is 34.6 Å². The Morgan fingerprint density at radius 1 is 1.46 bits per heavy atom. The third-order valence-electron chi connectivity index (χ3n) is 4.89. The van der Waals surface area contributed by atoms with E-state index in [9.17, 15) is 28.0 Å². The highest BCUT2D eigenvalue weighted by Gasteiger charge is 2.44. The first-order valence-corrected chi connectivity index (χ1v) is 8.91. The Labute approximate surface area is 152 Å². The first kappa shape index (κ1) is 18.6. The highest BCUT2D eigenvalue weighted by atomic mass is 32.2. The molecule has 3 rings (SSSR count). The number of amides is 2. The number of thioether (sulfide) groups is 1. The first-order chi connectivity index (χ1) is 12.2. The van der Waals surface area contributed by atoms with Crippen molar-refractivity contribution in [1.82, 2.24) is 4.90 Å². The van der Waals surface area contributed by atoms with E-state index in [1.54, 1.807) is 7.05 Å². The number of nitriles is 1. The van der Waals surface area contributed by atoms with E-state index in [4.69, 9.17) is 0 Å². The highest BCUT2D eigenvalue weighted by molar-refractivity contribution is 8.01. The Morgan fingerprint density at radius 2 is 2.15 bits per heavy atom. The molecule has 0 aromatic heterocycles. The maximum absolute atomic E-state index is 12.8. The average molecular weight is 383 g/mol. The second kappa shape index (κ2) is 6.50. The molecule has 1 fully saturated rings. The van der Waals surface area contributed by atoms with Crippen LogP contribution >= 0.6 is 11.8 Å². The maximum atomic E-state index is 12.8. The molecule has 0 radical (unpaired) electrons. The summed E-state index contributed by atoms with van der Waals surface area (Å²) in [6, 6.07) is 5.31. The molecular formula is C17H16F3N3O2S. The Balaban J connectivity index is 1.73. The minimum Gasteiger partial charge on any atom is -0.327 e. The number of halogens is 3. The third-order valence-corrected chi connectivity index (χ3v) is 6.17. The number of fused-ring (bicyclic) bond motifs is 1. The van der Waals surface area contributed by atoms with Crippen LogP contribution in [0.2, 0.25) is 0 Å². The molecule has 0 bridgehead atoms. The molecule has 5 nitrogen and oxygen atoms in total. The number of carbonyl (C=O) groups excluding carboxylic acids is 2. The van der Waals surface area contributed by atoms with Crippen molar-refractivity contribution in [2.45, 2.75) is 47.5 Å². The van der Waals surface area contributed by atoms with Crippen LogP contribution in [0.5, 0.6) is 0 Å². The summed E-state index contributed by atoms with van der Waals surface area (Å²) in [5.74, 6) is -0.836. The average Bonchev–Trinajstić information content (AvgIpc) is 2.53. The fourth-order valence-electron chi connectivity index (χ4n) is 3.03. The van der Waals surface area contributed by atoms with Crippen LogP contribution in [0.1, 0.15) is 31.2 Å². The number of hydrogen-bond donors (Lipinski definition) is 1. The lowest BCUT2D eigenvalue weighted by Gasteiger charge is -2.43. The lowest BCUT2D eigenvalue weighted by Crippen LogP contribution is -2.54. The van der Waals surface area contributed by atoms with Gasteiger partial charge in [0.2, 0.25) is 11.8 Å². The normalized spacial score (nSPS) is 21.0. The number of nitrogens with one attached hydrogen (secondary N) is 1. The van der Waals surface area contributed by atoms with Gasteiger partial charge in [0.1, 0.15) is 5.54 Å². The third kappa shape index (κ3) is 3.26. The molecule has 0 spiro atoms. The lowest BCUT2D eigenvalue weighted by atomic mass is 9.76. The van der Waals surface area contributed by atoms with Crippen LogP contribution < -0.4 is 5.32 Å². The molecule has 1 saturated carbocycles. The van der Waals surface area contributed by atoms with E-state index in [0.29, 0.717) is 17.7 Å². The van der Waals surface area contributed by atoms with E-state index >= 15 is 0 Å². The smallest absolute Gasteiger partial charge is 0.327 e. The fourth-order valence-corrected chi connectivity index (χ4v) is 4.11. The largest absolute Gasteiger partial charge is 0.416 e. The molecule has 1 atom stereocenters. The zero-order valence-corrected chi connectivity index (χ0v) is 14.7. The molecule has 2 aliphatic rings. The maximum Gasteiger partial charge on any atom is 0.416 e. The summed E-state index contributed by atoms with van der Waals surface area (Å²) in [6.45, 7) is 0. The molecule has 1 aliphatic heterocycles. The van der Waals surface area contributed by atoms with Gasteiger partial charge in [0, 0.05) is 18.4 Å². The van der Waals surface area contributed by atoms with Crippen LogP contribution in [0.25, 0.3) is 0 Å². The number of rotatable bonds is 3. The SMILES string of the molecule is CN(C(=O)C[C@@H]1Sc2ccc(C(F)(F)F)cc2NC1=O)C1(C#N)CCC1. The number of carbonyl (C=O) groups is 2.